The molecule has 0 radical (unpaired) electrons. The summed E-state index contributed by atoms with van der Waals surface area (Å²) in [6, 6.07) is 9.65. The van der Waals surface area contributed by atoms with Crippen molar-refractivity contribution in [1.82, 2.24) is 24.6 Å². The van der Waals surface area contributed by atoms with Gasteiger partial charge in [-0.05, 0) is 38.5 Å². The van der Waals surface area contributed by atoms with Gasteiger partial charge < -0.3 is 10.1 Å². The number of hydrogen-bond acceptors (Lipinski definition) is 8. The second-order valence-electron chi connectivity index (χ2n) is 7.04. The highest BCUT2D eigenvalue weighted by Gasteiger charge is 2.14. The highest BCUT2D eigenvalue weighted by atomic mass is 32.1. The van der Waals surface area contributed by atoms with Crippen LogP contribution in [-0.4, -0.2) is 44.1 Å². The number of aryl methyl sites for hydroxylation is 2. The number of anilines is 2. The van der Waals surface area contributed by atoms with E-state index in [2.05, 4.69) is 30.7 Å². The van der Waals surface area contributed by atoms with E-state index in [9.17, 15) is 4.79 Å². The topological polar surface area (TPSA) is 106 Å². The fourth-order valence-corrected chi connectivity index (χ4v) is 3.99. The summed E-state index contributed by atoms with van der Waals surface area (Å²) < 4.78 is 7.03. The largest absolute Gasteiger partial charge is 0.497 e. The molecule has 0 aliphatic rings. The van der Waals surface area contributed by atoms with Crippen molar-refractivity contribution in [2.45, 2.75) is 26.7 Å². The van der Waals surface area contributed by atoms with E-state index in [1.165, 1.54) is 11.3 Å². The first kappa shape index (κ1) is 20.7. The molecule has 10 heteroatoms. The maximum atomic E-state index is 12.3. The number of ether oxygens (including phenoxy) is 1. The minimum atomic E-state index is -0.135. The first-order chi connectivity index (χ1) is 15.0. The normalized spacial score (nSPS) is 10.9. The summed E-state index contributed by atoms with van der Waals surface area (Å²) in [5.74, 6) is 1.51. The van der Waals surface area contributed by atoms with Crippen LogP contribution in [0, 0.1) is 13.8 Å². The van der Waals surface area contributed by atoms with Crippen molar-refractivity contribution in [2.75, 3.05) is 24.3 Å². The Morgan fingerprint density at radius 2 is 1.94 bits per heavy atom. The Labute approximate surface area is 183 Å². The molecule has 0 fully saturated rings. The van der Waals surface area contributed by atoms with Gasteiger partial charge in [0.2, 0.25) is 22.8 Å². The fraction of sp³-hybridized carbons (Fsp3) is 0.286. The SMILES string of the molecule is COc1cccc(-c2csc3nc(NC(=O)CCCNc4nc(C)cc(C)n4)nn23)c1. The van der Waals surface area contributed by atoms with Crippen LogP contribution in [0.15, 0.2) is 35.7 Å². The minimum Gasteiger partial charge on any atom is -0.497 e. The number of amides is 1. The summed E-state index contributed by atoms with van der Waals surface area (Å²) in [4.78, 5) is 26.1. The predicted molar refractivity (Wildman–Crippen MR) is 121 cm³/mol. The van der Waals surface area contributed by atoms with Gasteiger partial charge in [0, 0.05) is 35.3 Å². The number of nitrogens with one attached hydrogen (secondary N) is 2. The summed E-state index contributed by atoms with van der Waals surface area (Å²) in [5.41, 5.74) is 3.68. The van der Waals surface area contributed by atoms with Crippen LogP contribution in [0.4, 0.5) is 11.9 Å². The summed E-state index contributed by atoms with van der Waals surface area (Å²) in [6.45, 7) is 4.45. The third-order valence-electron chi connectivity index (χ3n) is 4.54. The molecule has 9 nitrogen and oxygen atoms in total. The molecule has 3 aromatic heterocycles. The Kier molecular flexibility index (Phi) is 6.08. The average Bonchev–Trinajstić information content (AvgIpc) is 3.30. The Morgan fingerprint density at radius 1 is 1.13 bits per heavy atom. The zero-order chi connectivity index (χ0) is 21.8. The van der Waals surface area contributed by atoms with Crippen LogP contribution in [0.3, 0.4) is 0 Å². The molecule has 0 spiro atoms. The van der Waals surface area contributed by atoms with Crippen molar-refractivity contribution in [3.63, 3.8) is 0 Å². The van der Waals surface area contributed by atoms with Crippen LogP contribution in [0.2, 0.25) is 0 Å². The number of rotatable bonds is 8. The second kappa shape index (κ2) is 9.09. The molecule has 4 rings (SSSR count). The van der Waals surface area contributed by atoms with Gasteiger partial charge in [-0.15, -0.1) is 16.4 Å². The minimum absolute atomic E-state index is 0.135. The average molecular weight is 438 g/mol. The number of fused-ring (bicyclic) bond motifs is 1. The van der Waals surface area contributed by atoms with E-state index in [0.717, 1.165) is 28.4 Å². The van der Waals surface area contributed by atoms with Gasteiger partial charge in [0.1, 0.15) is 5.75 Å². The number of hydrogen-bond donors (Lipinski definition) is 2. The van der Waals surface area contributed by atoms with Crippen molar-refractivity contribution in [1.29, 1.82) is 0 Å². The Hall–Kier alpha value is -3.53. The van der Waals surface area contributed by atoms with E-state index in [1.807, 2.05) is 49.6 Å². The standard InChI is InChI=1S/C21H23N7O2S/c1-13-10-14(2)24-19(23-13)22-9-5-8-18(29)25-20-26-21-28(27-20)17(12-31-21)15-6-4-7-16(11-15)30-3/h4,6-7,10-12H,5,8-9H2,1-3H3,(H,22,23,24)(H,25,27,29). The first-order valence-corrected chi connectivity index (χ1v) is 10.7. The van der Waals surface area contributed by atoms with Gasteiger partial charge in [0.15, 0.2) is 0 Å². The van der Waals surface area contributed by atoms with Crippen molar-refractivity contribution < 1.29 is 9.53 Å². The number of methoxy groups -OCH3 is 1. The Morgan fingerprint density at radius 3 is 2.71 bits per heavy atom. The first-order valence-electron chi connectivity index (χ1n) is 9.86. The van der Waals surface area contributed by atoms with E-state index in [-0.39, 0.29) is 5.91 Å². The van der Waals surface area contributed by atoms with E-state index in [4.69, 9.17) is 4.74 Å². The molecule has 0 aliphatic carbocycles. The molecule has 0 saturated carbocycles. The molecular weight excluding hydrogens is 414 g/mol. The van der Waals surface area contributed by atoms with Crippen molar-refractivity contribution >= 4 is 34.1 Å². The van der Waals surface area contributed by atoms with Crippen LogP contribution in [-0.2, 0) is 4.79 Å². The number of thiazole rings is 1. The Balaban J connectivity index is 1.34. The zero-order valence-electron chi connectivity index (χ0n) is 17.5. The van der Waals surface area contributed by atoms with Crippen LogP contribution in [0.1, 0.15) is 24.2 Å². The van der Waals surface area contributed by atoms with Crippen molar-refractivity contribution in [2.24, 2.45) is 0 Å². The van der Waals surface area contributed by atoms with Gasteiger partial charge in [0.25, 0.3) is 0 Å². The highest BCUT2D eigenvalue weighted by molar-refractivity contribution is 7.15. The molecule has 1 amide bonds. The maximum Gasteiger partial charge on any atom is 0.250 e. The third-order valence-corrected chi connectivity index (χ3v) is 5.36. The summed E-state index contributed by atoms with van der Waals surface area (Å²) in [5, 5.41) is 12.4. The number of carbonyl (C=O) groups is 1. The fourth-order valence-electron chi connectivity index (χ4n) is 3.16. The number of benzene rings is 1. The molecule has 160 valence electrons. The lowest BCUT2D eigenvalue weighted by molar-refractivity contribution is -0.116. The molecule has 0 saturated heterocycles. The molecule has 0 atom stereocenters. The van der Waals surface area contributed by atoms with E-state index >= 15 is 0 Å². The summed E-state index contributed by atoms with van der Waals surface area (Å²) in [6.07, 6.45) is 0.979. The third kappa shape index (κ3) is 4.97. The number of carbonyl (C=O) groups excluding carboxylic acids is 1. The number of aromatic nitrogens is 5. The zero-order valence-corrected chi connectivity index (χ0v) is 18.4. The van der Waals surface area contributed by atoms with E-state index in [1.54, 1.807) is 11.6 Å². The molecular formula is C21H23N7O2S. The van der Waals surface area contributed by atoms with E-state index < -0.39 is 0 Å². The van der Waals surface area contributed by atoms with Gasteiger partial charge in [-0.25, -0.2) is 14.5 Å². The molecule has 0 unspecified atom stereocenters. The van der Waals surface area contributed by atoms with Gasteiger partial charge in [-0.3, -0.25) is 10.1 Å². The van der Waals surface area contributed by atoms with Crippen LogP contribution in [0.25, 0.3) is 16.2 Å². The molecule has 0 aliphatic heterocycles. The lowest BCUT2D eigenvalue weighted by atomic mass is 10.2. The number of nitrogens with zero attached hydrogens (tertiary/aromatic N) is 5. The predicted octanol–water partition coefficient (Wildman–Crippen LogP) is 3.70. The lowest BCUT2D eigenvalue weighted by Crippen LogP contribution is -2.15. The molecule has 2 N–H and O–H groups in total. The molecule has 1 aromatic carbocycles. The Bertz CT molecular complexity index is 1200. The van der Waals surface area contributed by atoms with Gasteiger partial charge in [-0.2, -0.15) is 4.98 Å². The summed E-state index contributed by atoms with van der Waals surface area (Å²) in [7, 11) is 1.63. The van der Waals surface area contributed by atoms with Gasteiger partial charge in [0.05, 0.1) is 12.8 Å². The van der Waals surface area contributed by atoms with Crippen LogP contribution >= 0.6 is 11.3 Å². The molecule has 0 bridgehead atoms. The quantitative estimate of drug-likeness (QED) is 0.405. The smallest absolute Gasteiger partial charge is 0.250 e. The molecule has 4 aromatic rings. The van der Waals surface area contributed by atoms with Crippen LogP contribution in [0.5, 0.6) is 5.75 Å². The van der Waals surface area contributed by atoms with E-state index in [0.29, 0.717) is 36.2 Å². The molecule has 31 heavy (non-hydrogen) atoms. The maximum absolute atomic E-state index is 12.3. The van der Waals surface area contributed by atoms with Gasteiger partial charge in [-0.1, -0.05) is 12.1 Å². The van der Waals surface area contributed by atoms with Crippen molar-refractivity contribution in [3.8, 4) is 17.0 Å². The summed E-state index contributed by atoms with van der Waals surface area (Å²) >= 11 is 1.46. The second-order valence-corrected chi connectivity index (χ2v) is 7.87. The van der Waals surface area contributed by atoms with Crippen molar-refractivity contribution in [3.05, 3.63) is 47.1 Å². The van der Waals surface area contributed by atoms with Gasteiger partial charge >= 0.3 is 0 Å². The lowest BCUT2D eigenvalue weighted by Gasteiger charge is -2.06. The molecule has 3 heterocycles. The van der Waals surface area contributed by atoms with Crippen LogP contribution < -0.4 is 15.4 Å². The monoisotopic (exact) mass is 437 g/mol. The highest BCUT2D eigenvalue weighted by Crippen LogP contribution is 2.28.